The van der Waals surface area contributed by atoms with Crippen LogP contribution >= 0.6 is 0 Å². The first-order chi connectivity index (χ1) is 19.3. The Labute approximate surface area is 227 Å². The molecule has 0 amide bonds. The van der Waals surface area contributed by atoms with Crippen molar-refractivity contribution < 1.29 is 17.9 Å². The molecule has 0 unspecified atom stereocenters. The normalized spacial score (nSPS) is 14.2. The lowest BCUT2D eigenvalue weighted by molar-refractivity contribution is -0.141. The molecule has 3 aromatic heterocycles. The summed E-state index contributed by atoms with van der Waals surface area (Å²) in [5.74, 6) is 0. The first-order valence-electron chi connectivity index (χ1n) is 12.8. The van der Waals surface area contributed by atoms with Crippen LogP contribution in [0.3, 0.4) is 0 Å². The fourth-order valence-electron chi connectivity index (χ4n) is 4.82. The molecule has 40 heavy (non-hydrogen) atoms. The summed E-state index contributed by atoms with van der Waals surface area (Å²) in [4.78, 5) is 19.0. The number of rotatable bonds is 5. The quantitative estimate of drug-likeness (QED) is 0.314. The van der Waals surface area contributed by atoms with Gasteiger partial charge in [-0.05, 0) is 41.8 Å². The number of halogens is 3. The molecule has 1 aliphatic heterocycles. The van der Waals surface area contributed by atoms with Gasteiger partial charge in [0.2, 0.25) is 0 Å². The predicted molar refractivity (Wildman–Crippen MR) is 144 cm³/mol. The van der Waals surface area contributed by atoms with Gasteiger partial charge in [0.05, 0.1) is 26.0 Å². The molecule has 5 aromatic rings. The molecule has 4 heterocycles. The highest BCUT2D eigenvalue weighted by Crippen LogP contribution is 2.35. The molecule has 6 rings (SSSR count). The molecule has 2 aromatic carbocycles. The molecule has 1 aliphatic rings. The number of hydrogen-bond donors (Lipinski definition) is 0. The van der Waals surface area contributed by atoms with Crippen LogP contribution in [0.4, 0.5) is 18.9 Å². The molecular formula is C29H25F3N6O2. The average Bonchev–Trinajstić information content (AvgIpc) is 3.28. The van der Waals surface area contributed by atoms with Crippen molar-refractivity contribution in [2.75, 3.05) is 31.2 Å². The van der Waals surface area contributed by atoms with Crippen LogP contribution < -0.4 is 10.6 Å². The van der Waals surface area contributed by atoms with E-state index in [1.807, 2.05) is 55.5 Å². The highest BCUT2D eigenvalue weighted by Gasteiger charge is 2.32. The molecule has 0 N–H and O–H groups in total. The second kappa shape index (κ2) is 10.2. The average molecular weight is 547 g/mol. The van der Waals surface area contributed by atoms with Gasteiger partial charge in [-0.1, -0.05) is 48.0 Å². The van der Waals surface area contributed by atoms with Gasteiger partial charge in [0.25, 0.3) is 0 Å². The van der Waals surface area contributed by atoms with E-state index in [1.54, 1.807) is 6.20 Å². The number of benzene rings is 2. The zero-order valence-corrected chi connectivity index (χ0v) is 21.6. The summed E-state index contributed by atoms with van der Waals surface area (Å²) in [5, 5.41) is 9.00. The van der Waals surface area contributed by atoms with Gasteiger partial charge in [0, 0.05) is 36.1 Å². The highest BCUT2D eigenvalue weighted by atomic mass is 19.4. The van der Waals surface area contributed by atoms with Gasteiger partial charge in [-0.2, -0.15) is 22.8 Å². The van der Waals surface area contributed by atoms with Crippen LogP contribution in [-0.4, -0.2) is 50.7 Å². The summed E-state index contributed by atoms with van der Waals surface area (Å²) >= 11 is 0. The second-order valence-corrected chi connectivity index (χ2v) is 9.67. The summed E-state index contributed by atoms with van der Waals surface area (Å²) in [5.41, 5.74) is 4.76. The van der Waals surface area contributed by atoms with E-state index < -0.39 is 17.6 Å². The van der Waals surface area contributed by atoms with Crippen molar-refractivity contribution in [1.29, 1.82) is 0 Å². The van der Waals surface area contributed by atoms with Gasteiger partial charge in [-0.25, -0.2) is 9.48 Å². The van der Waals surface area contributed by atoms with Crippen molar-refractivity contribution in [2.45, 2.75) is 19.6 Å². The molecular weight excluding hydrogens is 521 g/mol. The summed E-state index contributed by atoms with van der Waals surface area (Å²) in [7, 11) is 0. The number of pyridine rings is 1. The molecule has 11 heteroatoms. The van der Waals surface area contributed by atoms with Crippen LogP contribution in [0.2, 0.25) is 0 Å². The molecule has 1 fully saturated rings. The Morgan fingerprint density at radius 1 is 0.900 bits per heavy atom. The monoisotopic (exact) mass is 546 g/mol. The zero-order chi connectivity index (χ0) is 27.9. The SMILES string of the molecule is Cc1ccc(-c2cnn3c(=O)n(Cc4ccc(C(F)(F)F)nc4)nc3c2-c2ccc(N3CCOCC3)cc2)cc1. The van der Waals surface area contributed by atoms with Crippen molar-refractivity contribution in [3.05, 3.63) is 100 Å². The molecule has 0 aliphatic carbocycles. The van der Waals surface area contributed by atoms with Crippen LogP contribution in [0.5, 0.6) is 0 Å². The Morgan fingerprint density at radius 2 is 1.60 bits per heavy atom. The number of aromatic nitrogens is 5. The smallest absolute Gasteiger partial charge is 0.378 e. The van der Waals surface area contributed by atoms with Gasteiger partial charge >= 0.3 is 11.9 Å². The van der Waals surface area contributed by atoms with E-state index in [1.165, 1.54) is 15.3 Å². The maximum absolute atomic E-state index is 13.3. The Bertz CT molecular complexity index is 1700. The third kappa shape index (κ3) is 4.95. The van der Waals surface area contributed by atoms with Crippen molar-refractivity contribution >= 4 is 11.3 Å². The third-order valence-corrected chi connectivity index (χ3v) is 6.96. The van der Waals surface area contributed by atoms with E-state index >= 15 is 0 Å². The van der Waals surface area contributed by atoms with Crippen molar-refractivity contribution in [3.63, 3.8) is 0 Å². The summed E-state index contributed by atoms with van der Waals surface area (Å²) in [6.07, 6.45) is -1.79. The largest absolute Gasteiger partial charge is 0.433 e. The Morgan fingerprint density at radius 3 is 2.25 bits per heavy atom. The number of morpholine rings is 1. The lowest BCUT2D eigenvalue weighted by Crippen LogP contribution is -2.36. The summed E-state index contributed by atoms with van der Waals surface area (Å²) in [6, 6.07) is 18.3. The van der Waals surface area contributed by atoms with Gasteiger partial charge < -0.3 is 9.64 Å². The lowest BCUT2D eigenvalue weighted by atomic mass is 9.96. The highest BCUT2D eigenvalue weighted by molar-refractivity contribution is 5.91. The first-order valence-corrected chi connectivity index (χ1v) is 12.8. The molecule has 8 nitrogen and oxygen atoms in total. The minimum absolute atomic E-state index is 0.0530. The minimum Gasteiger partial charge on any atom is -0.378 e. The Balaban J connectivity index is 1.45. The fourth-order valence-corrected chi connectivity index (χ4v) is 4.82. The van der Waals surface area contributed by atoms with E-state index in [-0.39, 0.29) is 6.54 Å². The van der Waals surface area contributed by atoms with E-state index in [0.29, 0.717) is 24.4 Å². The van der Waals surface area contributed by atoms with Crippen LogP contribution in [0.25, 0.3) is 27.9 Å². The van der Waals surface area contributed by atoms with Gasteiger partial charge in [0.15, 0.2) is 5.65 Å². The Hall–Kier alpha value is -4.51. The number of ether oxygens (including phenoxy) is 1. The van der Waals surface area contributed by atoms with Crippen LogP contribution in [-0.2, 0) is 17.5 Å². The lowest BCUT2D eigenvalue weighted by Gasteiger charge is -2.29. The third-order valence-electron chi connectivity index (χ3n) is 6.96. The number of alkyl halides is 3. The molecule has 0 spiro atoms. The number of aryl methyl sites for hydroxylation is 1. The van der Waals surface area contributed by atoms with E-state index in [4.69, 9.17) is 4.74 Å². The Kier molecular flexibility index (Phi) is 6.59. The number of hydrogen-bond acceptors (Lipinski definition) is 6. The van der Waals surface area contributed by atoms with Crippen molar-refractivity contribution in [2.24, 2.45) is 0 Å². The molecule has 0 saturated carbocycles. The van der Waals surface area contributed by atoms with Gasteiger partial charge in [-0.3, -0.25) is 4.98 Å². The standard InChI is InChI=1S/C29H25F3N6O2/c1-19-2-5-21(6-3-19)24-17-34-38-27(26(24)22-7-9-23(10-8-22)36-12-14-40-15-13-36)35-37(28(38)39)18-20-4-11-25(33-16-20)29(30,31)32/h2-11,16-17H,12-15,18H2,1H3. The molecule has 0 atom stereocenters. The topological polar surface area (TPSA) is 77.6 Å². The second-order valence-electron chi connectivity index (χ2n) is 9.67. The minimum atomic E-state index is -4.54. The van der Waals surface area contributed by atoms with Crippen LogP contribution in [0.1, 0.15) is 16.8 Å². The van der Waals surface area contributed by atoms with Gasteiger partial charge in [-0.15, -0.1) is 5.10 Å². The van der Waals surface area contributed by atoms with Gasteiger partial charge in [0.1, 0.15) is 5.69 Å². The fraction of sp³-hybridized carbons (Fsp3) is 0.241. The maximum Gasteiger partial charge on any atom is 0.433 e. The summed E-state index contributed by atoms with van der Waals surface area (Å²) < 4.78 is 46.7. The van der Waals surface area contributed by atoms with Crippen molar-refractivity contribution in [1.82, 2.24) is 24.4 Å². The van der Waals surface area contributed by atoms with E-state index in [0.717, 1.165) is 58.9 Å². The zero-order valence-electron chi connectivity index (χ0n) is 21.6. The van der Waals surface area contributed by atoms with Crippen molar-refractivity contribution in [3.8, 4) is 22.3 Å². The maximum atomic E-state index is 13.3. The number of fused-ring (bicyclic) bond motifs is 1. The molecule has 0 bridgehead atoms. The van der Waals surface area contributed by atoms with E-state index in [2.05, 4.69) is 20.1 Å². The number of nitrogens with zero attached hydrogens (tertiary/aromatic N) is 6. The van der Waals surface area contributed by atoms with Crippen LogP contribution in [0.15, 0.2) is 77.9 Å². The van der Waals surface area contributed by atoms with E-state index in [9.17, 15) is 18.0 Å². The summed E-state index contributed by atoms with van der Waals surface area (Å²) in [6.45, 7) is 4.94. The molecule has 204 valence electrons. The first kappa shape index (κ1) is 25.8. The van der Waals surface area contributed by atoms with Crippen LogP contribution in [0, 0.1) is 6.92 Å². The molecule has 0 radical (unpaired) electrons. The number of anilines is 1. The molecule has 1 saturated heterocycles. The predicted octanol–water partition coefficient (Wildman–Crippen LogP) is 4.83.